The minimum atomic E-state index is -0.597. The van der Waals surface area contributed by atoms with E-state index in [-0.39, 0.29) is 53.0 Å². The van der Waals surface area contributed by atoms with Crippen LogP contribution in [0.2, 0.25) is 5.02 Å². The zero-order valence-corrected chi connectivity index (χ0v) is 34.1. The normalized spacial score (nSPS) is 22.5. The molecule has 1 atom stereocenters. The number of carbonyl (C=O) groups excluding carboxylic acids is 4. The summed E-state index contributed by atoms with van der Waals surface area (Å²) in [4.78, 5) is 54.5. The van der Waals surface area contributed by atoms with Crippen molar-refractivity contribution >= 4 is 40.8 Å². The molecule has 3 aromatic rings. The first-order chi connectivity index (χ1) is 27.3. The number of amides is 4. The summed E-state index contributed by atoms with van der Waals surface area (Å²) in [5, 5.41) is 15.2. The number of nitrogens with one attached hydrogen (secondary N) is 2. The number of benzene rings is 3. The summed E-state index contributed by atoms with van der Waals surface area (Å²) in [6.45, 7) is 11.8. The van der Waals surface area contributed by atoms with Crippen LogP contribution in [0.3, 0.4) is 0 Å². The third-order valence-electron chi connectivity index (χ3n) is 12.5. The van der Waals surface area contributed by atoms with Crippen LogP contribution in [0, 0.1) is 22.2 Å². The molecule has 4 amide bonds. The minimum absolute atomic E-state index is 0.0885. The molecule has 298 valence electrons. The van der Waals surface area contributed by atoms with E-state index in [1.807, 2.05) is 24.3 Å². The van der Waals surface area contributed by atoms with Crippen molar-refractivity contribution in [3.8, 4) is 11.8 Å². The summed E-state index contributed by atoms with van der Waals surface area (Å²) in [6, 6.07) is 20.5. The second-order valence-electron chi connectivity index (χ2n) is 17.2. The standard InChI is InChI=1S/C46H52ClN5O5/c1-45(2)43(46(3,4)44(45)57-35-16-14-33(27-48)37(47)26-35)50-40(54)31-12-10-29(11-13-31)9-7-5-6-8-22-51-23-20-30(21-24-51)32-15-17-36-34(25-32)28-52(42(36)56)38-18-19-39(53)49-41(38)55/h10-17,20,25-26,38,43-44H,5-9,18-19,21-24,28H2,1-4H3,(H,50,54)(H,49,53,55). The first kappa shape index (κ1) is 40.2. The van der Waals surface area contributed by atoms with E-state index in [0.717, 1.165) is 62.9 Å². The van der Waals surface area contributed by atoms with E-state index >= 15 is 0 Å². The molecule has 7 rings (SSSR count). The molecule has 0 radical (unpaired) electrons. The molecule has 57 heavy (non-hydrogen) atoms. The summed E-state index contributed by atoms with van der Waals surface area (Å²) < 4.78 is 6.37. The van der Waals surface area contributed by atoms with Crippen LogP contribution in [0.25, 0.3) is 5.57 Å². The molecule has 10 nitrogen and oxygen atoms in total. The lowest BCUT2D eigenvalue weighted by Gasteiger charge is -2.63. The molecular formula is C46H52ClN5O5. The molecule has 2 N–H and O–H groups in total. The molecule has 1 saturated heterocycles. The molecule has 1 saturated carbocycles. The Hall–Kier alpha value is -4.98. The summed E-state index contributed by atoms with van der Waals surface area (Å²) in [5.74, 6) is -0.279. The quantitative estimate of drug-likeness (QED) is 0.136. The van der Waals surface area contributed by atoms with Gasteiger partial charge in [-0.1, -0.05) is 76.4 Å². The number of nitriles is 1. The Kier molecular flexibility index (Phi) is 11.6. The number of fused-ring (bicyclic) bond motifs is 1. The lowest BCUT2D eigenvalue weighted by atomic mass is 9.49. The fourth-order valence-electron chi connectivity index (χ4n) is 9.60. The zero-order valence-electron chi connectivity index (χ0n) is 33.3. The van der Waals surface area contributed by atoms with Crippen molar-refractivity contribution in [2.75, 3.05) is 19.6 Å². The first-order valence-corrected chi connectivity index (χ1v) is 20.6. The van der Waals surface area contributed by atoms with Crippen molar-refractivity contribution in [1.82, 2.24) is 20.4 Å². The second-order valence-corrected chi connectivity index (χ2v) is 17.6. The van der Waals surface area contributed by atoms with E-state index < -0.39 is 6.04 Å². The number of ether oxygens (including phenoxy) is 1. The van der Waals surface area contributed by atoms with E-state index in [9.17, 15) is 24.4 Å². The average Bonchev–Trinajstić information content (AvgIpc) is 3.52. The highest BCUT2D eigenvalue weighted by atomic mass is 35.5. The van der Waals surface area contributed by atoms with Crippen LogP contribution in [0.5, 0.6) is 5.75 Å². The summed E-state index contributed by atoms with van der Waals surface area (Å²) in [5.41, 5.74) is 5.66. The van der Waals surface area contributed by atoms with Crippen molar-refractivity contribution in [3.05, 3.63) is 105 Å². The molecular weight excluding hydrogens is 738 g/mol. The number of rotatable bonds is 13. The van der Waals surface area contributed by atoms with Crippen LogP contribution in [0.4, 0.5) is 0 Å². The molecule has 0 aromatic heterocycles. The Morgan fingerprint density at radius 2 is 1.72 bits per heavy atom. The highest BCUT2D eigenvalue weighted by Gasteiger charge is 2.64. The lowest BCUT2D eigenvalue weighted by Crippen LogP contribution is -2.74. The second kappa shape index (κ2) is 16.5. The first-order valence-electron chi connectivity index (χ1n) is 20.2. The largest absolute Gasteiger partial charge is 0.489 e. The van der Waals surface area contributed by atoms with Gasteiger partial charge in [0.05, 0.1) is 10.6 Å². The van der Waals surface area contributed by atoms with Gasteiger partial charge in [0, 0.05) is 60.1 Å². The van der Waals surface area contributed by atoms with Crippen molar-refractivity contribution < 1.29 is 23.9 Å². The third-order valence-corrected chi connectivity index (χ3v) is 12.8. The number of imide groups is 1. The summed E-state index contributed by atoms with van der Waals surface area (Å²) in [7, 11) is 0. The predicted octanol–water partition coefficient (Wildman–Crippen LogP) is 7.48. The fourth-order valence-corrected chi connectivity index (χ4v) is 9.81. The van der Waals surface area contributed by atoms with Gasteiger partial charge in [0.2, 0.25) is 11.8 Å². The van der Waals surface area contributed by atoms with Crippen LogP contribution < -0.4 is 15.4 Å². The molecule has 11 heteroatoms. The molecule has 4 aliphatic rings. The molecule has 3 aliphatic heterocycles. The van der Waals surface area contributed by atoms with Gasteiger partial charge in [-0.05, 0) is 97.3 Å². The Balaban J connectivity index is 0.806. The smallest absolute Gasteiger partial charge is 0.255 e. The van der Waals surface area contributed by atoms with Gasteiger partial charge in [-0.3, -0.25) is 29.4 Å². The Bertz CT molecular complexity index is 2120. The Morgan fingerprint density at radius 3 is 2.40 bits per heavy atom. The number of halogens is 1. The van der Waals surface area contributed by atoms with E-state index in [1.54, 1.807) is 23.1 Å². The maximum Gasteiger partial charge on any atom is 0.255 e. The number of hydrogen-bond acceptors (Lipinski definition) is 7. The van der Waals surface area contributed by atoms with Gasteiger partial charge in [-0.25, -0.2) is 0 Å². The monoisotopic (exact) mass is 789 g/mol. The molecule has 0 bridgehead atoms. The predicted molar refractivity (Wildman–Crippen MR) is 220 cm³/mol. The molecule has 2 fully saturated rings. The summed E-state index contributed by atoms with van der Waals surface area (Å²) >= 11 is 6.24. The van der Waals surface area contributed by atoms with Gasteiger partial charge in [-0.15, -0.1) is 0 Å². The Morgan fingerprint density at radius 1 is 0.965 bits per heavy atom. The SMILES string of the molecule is CC1(C)C(NC(=O)c2ccc(CCCCCCN3CC=C(c4ccc5c(c4)CN(C4CCC(=O)NC4=O)C5=O)CC3)cc2)C(C)(C)C1Oc1ccc(C#N)c(Cl)c1. The number of hydrogen-bond donors (Lipinski definition) is 2. The number of unbranched alkanes of at least 4 members (excludes halogenated alkanes) is 3. The van der Waals surface area contributed by atoms with E-state index in [4.69, 9.17) is 16.3 Å². The maximum absolute atomic E-state index is 13.4. The Labute approximate surface area is 340 Å². The number of nitrogens with zero attached hydrogens (tertiary/aromatic N) is 3. The van der Waals surface area contributed by atoms with Crippen LogP contribution in [-0.2, 0) is 22.6 Å². The third kappa shape index (κ3) is 8.37. The van der Waals surface area contributed by atoms with Crippen LogP contribution in [0.1, 0.15) is 116 Å². The highest BCUT2D eigenvalue weighted by Crippen LogP contribution is 2.55. The molecule has 0 spiro atoms. The average molecular weight is 790 g/mol. The van der Waals surface area contributed by atoms with Gasteiger partial charge < -0.3 is 15.0 Å². The van der Waals surface area contributed by atoms with Crippen LogP contribution in [0.15, 0.2) is 66.7 Å². The minimum Gasteiger partial charge on any atom is -0.489 e. The molecule has 1 aliphatic carbocycles. The molecule has 3 aromatic carbocycles. The van der Waals surface area contributed by atoms with Gasteiger partial charge in [-0.2, -0.15) is 5.26 Å². The van der Waals surface area contributed by atoms with Crippen LogP contribution in [-0.4, -0.2) is 71.3 Å². The van der Waals surface area contributed by atoms with Gasteiger partial charge in [0.1, 0.15) is 24.0 Å². The zero-order chi connectivity index (χ0) is 40.5. The number of carbonyl (C=O) groups is 4. The maximum atomic E-state index is 13.4. The van der Waals surface area contributed by atoms with Gasteiger partial charge >= 0.3 is 0 Å². The number of aryl methyl sites for hydroxylation is 1. The molecule has 3 heterocycles. The number of piperidine rings is 1. The summed E-state index contributed by atoms with van der Waals surface area (Å²) in [6.07, 6.45) is 9.29. The van der Waals surface area contributed by atoms with Crippen molar-refractivity contribution in [2.45, 2.75) is 104 Å². The van der Waals surface area contributed by atoms with E-state index in [0.29, 0.717) is 40.4 Å². The van der Waals surface area contributed by atoms with Gasteiger partial charge in [0.15, 0.2) is 0 Å². The van der Waals surface area contributed by atoms with E-state index in [1.165, 1.54) is 17.6 Å². The lowest BCUT2D eigenvalue weighted by molar-refractivity contribution is -0.164. The van der Waals surface area contributed by atoms with Crippen molar-refractivity contribution in [3.63, 3.8) is 0 Å². The van der Waals surface area contributed by atoms with Gasteiger partial charge in [0.25, 0.3) is 11.8 Å². The van der Waals surface area contributed by atoms with Crippen molar-refractivity contribution in [1.29, 1.82) is 5.26 Å². The van der Waals surface area contributed by atoms with E-state index in [2.05, 4.69) is 73.6 Å². The van der Waals surface area contributed by atoms with Crippen LogP contribution >= 0.6 is 11.6 Å². The topological polar surface area (TPSA) is 132 Å². The fraction of sp³-hybridized carbons (Fsp3) is 0.457. The highest BCUT2D eigenvalue weighted by molar-refractivity contribution is 6.31. The molecule has 1 unspecified atom stereocenters. The van der Waals surface area contributed by atoms with Crippen molar-refractivity contribution in [2.24, 2.45) is 10.8 Å².